The van der Waals surface area contributed by atoms with Crippen LogP contribution >= 0.6 is 11.3 Å². The second kappa shape index (κ2) is 3.85. The zero-order valence-corrected chi connectivity index (χ0v) is 7.61. The molecule has 0 aliphatic heterocycles. The van der Waals surface area contributed by atoms with Crippen LogP contribution < -0.4 is 5.32 Å². The van der Waals surface area contributed by atoms with Crippen LogP contribution in [0.4, 0.5) is 0 Å². The summed E-state index contributed by atoms with van der Waals surface area (Å²) in [5.74, 6) is 0. The zero-order valence-electron chi connectivity index (χ0n) is 6.79. The van der Waals surface area contributed by atoms with E-state index in [4.69, 9.17) is 0 Å². The lowest BCUT2D eigenvalue weighted by atomic mass is 10.2. The van der Waals surface area contributed by atoms with Crippen molar-refractivity contribution < 1.29 is 5.11 Å². The summed E-state index contributed by atoms with van der Waals surface area (Å²) >= 11 is 1.67. The number of thiophene rings is 1. The Balaban J connectivity index is 2.60. The Hall–Kier alpha value is -0.380. The van der Waals surface area contributed by atoms with Crippen LogP contribution in [0.2, 0.25) is 0 Å². The number of aliphatic hydroxyl groups is 1. The Kier molecular flexibility index (Phi) is 3.05. The lowest BCUT2D eigenvalue weighted by Gasteiger charge is -2.06. The second-order valence-corrected chi connectivity index (χ2v) is 3.68. The molecule has 0 aliphatic rings. The fraction of sp³-hybridized carbons (Fsp3) is 0.500. The normalized spacial score (nSPS) is 13.4. The van der Waals surface area contributed by atoms with Crippen LogP contribution in [0.15, 0.2) is 11.4 Å². The molecule has 1 rings (SSSR count). The summed E-state index contributed by atoms with van der Waals surface area (Å²) in [5.41, 5.74) is 1.02. The number of hydrogen-bond donors (Lipinski definition) is 2. The van der Waals surface area contributed by atoms with Gasteiger partial charge in [0.05, 0.1) is 6.10 Å². The SMILES string of the molecule is CNCC(O)c1csc(C)c1. The number of aryl methyl sites for hydroxylation is 1. The van der Waals surface area contributed by atoms with E-state index in [1.807, 2.05) is 25.4 Å². The van der Waals surface area contributed by atoms with Gasteiger partial charge in [-0.3, -0.25) is 0 Å². The molecule has 0 bridgehead atoms. The lowest BCUT2D eigenvalue weighted by molar-refractivity contribution is 0.178. The molecule has 1 unspecified atom stereocenters. The molecule has 0 amide bonds. The summed E-state index contributed by atoms with van der Waals surface area (Å²) in [6, 6.07) is 2.02. The van der Waals surface area contributed by atoms with E-state index in [0.717, 1.165) is 5.56 Å². The standard InChI is InChI=1S/C8H13NOS/c1-6-3-7(5-11-6)8(10)4-9-2/h3,5,8-10H,4H2,1-2H3. The van der Waals surface area contributed by atoms with Crippen molar-refractivity contribution in [3.05, 3.63) is 21.9 Å². The first-order valence-electron chi connectivity index (χ1n) is 3.61. The van der Waals surface area contributed by atoms with Gasteiger partial charge in [-0.1, -0.05) is 0 Å². The van der Waals surface area contributed by atoms with Crippen LogP contribution in [0.25, 0.3) is 0 Å². The summed E-state index contributed by atoms with van der Waals surface area (Å²) in [7, 11) is 1.84. The molecule has 1 atom stereocenters. The predicted molar refractivity (Wildman–Crippen MR) is 47.9 cm³/mol. The van der Waals surface area contributed by atoms with E-state index >= 15 is 0 Å². The average Bonchev–Trinajstić information content (AvgIpc) is 2.36. The van der Waals surface area contributed by atoms with Gasteiger partial charge in [-0.05, 0) is 31.0 Å². The van der Waals surface area contributed by atoms with Crippen LogP contribution in [-0.2, 0) is 0 Å². The van der Waals surface area contributed by atoms with Crippen molar-refractivity contribution in [1.82, 2.24) is 5.32 Å². The number of rotatable bonds is 3. The molecule has 3 heteroatoms. The number of likely N-dealkylation sites (N-methyl/N-ethyl adjacent to an activating group) is 1. The van der Waals surface area contributed by atoms with E-state index in [1.165, 1.54) is 4.88 Å². The van der Waals surface area contributed by atoms with Crippen LogP contribution in [0.3, 0.4) is 0 Å². The highest BCUT2D eigenvalue weighted by molar-refractivity contribution is 7.10. The summed E-state index contributed by atoms with van der Waals surface area (Å²) in [6.45, 7) is 2.66. The van der Waals surface area contributed by atoms with Gasteiger partial charge in [-0.15, -0.1) is 11.3 Å². The van der Waals surface area contributed by atoms with E-state index in [-0.39, 0.29) is 6.10 Å². The fourth-order valence-electron chi connectivity index (χ4n) is 0.950. The summed E-state index contributed by atoms with van der Waals surface area (Å²) in [4.78, 5) is 1.25. The average molecular weight is 171 g/mol. The molecule has 2 nitrogen and oxygen atoms in total. The van der Waals surface area contributed by atoms with Gasteiger partial charge in [0.15, 0.2) is 0 Å². The van der Waals surface area contributed by atoms with Gasteiger partial charge < -0.3 is 10.4 Å². The van der Waals surface area contributed by atoms with Gasteiger partial charge in [0, 0.05) is 11.4 Å². The number of nitrogens with one attached hydrogen (secondary N) is 1. The number of hydrogen-bond acceptors (Lipinski definition) is 3. The molecule has 1 aromatic heterocycles. The summed E-state index contributed by atoms with van der Waals surface area (Å²) < 4.78 is 0. The highest BCUT2D eigenvalue weighted by atomic mass is 32.1. The molecule has 0 aromatic carbocycles. The topological polar surface area (TPSA) is 32.3 Å². The van der Waals surface area contributed by atoms with Crippen LogP contribution in [0.5, 0.6) is 0 Å². The van der Waals surface area contributed by atoms with Crippen LogP contribution in [-0.4, -0.2) is 18.7 Å². The molecule has 0 saturated heterocycles. The van der Waals surface area contributed by atoms with Gasteiger partial charge in [-0.2, -0.15) is 0 Å². The molecule has 0 radical (unpaired) electrons. The molecule has 0 saturated carbocycles. The lowest BCUT2D eigenvalue weighted by Crippen LogP contribution is -2.15. The second-order valence-electron chi connectivity index (χ2n) is 2.56. The van der Waals surface area contributed by atoms with Crippen molar-refractivity contribution in [3.8, 4) is 0 Å². The van der Waals surface area contributed by atoms with Gasteiger partial charge in [-0.25, -0.2) is 0 Å². The van der Waals surface area contributed by atoms with E-state index in [1.54, 1.807) is 11.3 Å². The monoisotopic (exact) mass is 171 g/mol. The number of aliphatic hydroxyl groups excluding tert-OH is 1. The first kappa shape index (κ1) is 8.71. The minimum Gasteiger partial charge on any atom is -0.387 e. The molecule has 0 spiro atoms. The Labute approximate surface area is 70.9 Å². The highest BCUT2D eigenvalue weighted by Gasteiger charge is 2.06. The zero-order chi connectivity index (χ0) is 8.27. The van der Waals surface area contributed by atoms with Gasteiger partial charge >= 0.3 is 0 Å². The minimum absolute atomic E-state index is 0.357. The molecule has 2 N–H and O–H groups in total. The Bertz CT molecular complexity index is 222. The molecular formula is C8H13NOS. The fourth-order valence-corrected chi connectivity index (χ4v) is 1.70. The Morgan fingerprint density at radius 1 is 1.73 bits per heavy atom. The summed E-state index contributed by atoms with van der Waals surface area (Å²) in [5, 5.41) is 14.4. The molecule has 0 fully saturated rings. The van der Waals surface area contributed by atoms with Crippen molar-refractivity contribution in [1.29, 1.82) is 0 Å². The van der Waals surface area contributed by atoms with Crippen molar-refractivity contribution >= 4 is 11.3 Å². The first-order valence-corrected chi connectivity index (χ1v) is 4.49. The van der Waals surface area contributed by atoms with E-state index in [0.29, 0.717) is 6.54 Å². The van der Waals surface area contributed by atoms with Gasteiger partial charge in [0.25, 0.3) is 0 Å². The maximum atomic E-state index is 9.48. The minimum atomic E-state index is -0.357. The molecular weight excluding hydrogens is 158 g/mol. The molecule has 1 heterocycles. The van der Waals surface area contributed by atoms with E-state index < -0.39 is 0 Å². The Morgan fingerprint density at radius 2 is 2.45 bits per heavy atom. The van der Waals surface area contributed by atoms with Crippen molar-refractivity contribution in [2.75, 3.05) is 13.6 Å². The third-order valence-electron chi connectivity index (χ3n) is 1.53. The highest BCUT2D eigenvalue weighted by Crippen LogP contribution is 2.19. The van der Waals surface area contributed by atoms with Crippen molar-refractivity contribution in [3.63, 3.8) is 0 Å². The van der Waals surface area contributed by atoms with Crippen molar-refractivity contribution in [2.24, 2.45) is 0 Å². The maximum absolute atomic E-state index is 9.48. The third kappa shape index (κ3) is 2.29. The maximum Gasteiger partial charge on any atom is 0.0922 e. The Morgan fingerprint density at radius 3 is 2.91 bits per heavy atom. The smallest absolute Gasteiger partial charge is 0.0922 e. The van der Waals surface area contributed by atoms with Crippen LogP contribution in [0.1, 0.15) is 16.5 Å². The molecule has 0 aliphatic carbocycles. The summed E-state index contributed by atoms with van der Waals surface area (Å²) in [6.07, 6.45) is -0.357. The first-order chi connectivity index (χ1) is 5.24. The predicted octanol–water partition coefficient (Wildman–Crippen LogP) is 1.31. The molecule has 1 aromatic rings. The van der Waals surface area contributed by atoms with E-state index in [2.05, 4.69) is 5.32 Å². The quantitative estimate of drug-likeness (QED) is 0.718. The molecule has 62 valence electrons. The molecule has 11 heavy (non-hydrogen) atoms. The van der Waals surface area contributed by atoms with Crippen LogP contribution in [0, 0.1) is 6.92 Å². The van der Waals surface area contributed by atoms with Crippen molar-refractivity contribution in [2.45, 2.75) is 13.0 Å². The van der Waals surface area contributed by atoms with Gasteiger partial charge in [0.1, 0.15) is 0 Å². The van der Waals surface area contributed by atoms with Gasteiger partial charge in [0.2, 0.25) is 0 Å². The van der Waals surface area contributed by atoms with E-state index in [9.17, 15) is 5.11 Å². The third-order valence-corrected chi connectivity index (χ3v) is 2.41. The largest absolute Gasteiger partial charge is 0.387 e.